The Labute approximate surface area is 188 Å². The van der Waals surface area contributed by atoms with Crippen LogP contribution in [-0.4, -0.2) is 46.3 Å². The van der Waals surface area contributed by atoms with Gasteiger partial charge < -0.3 is 18.6 Å². The summed E-state index contributed by atoms with van der Waals surface area (Å²) in [4.78, 5) is 13.8. The first kappa shape index (κ1) is 24.2. The highest BCUT2D eigenvalue weighted by atomic mass is 28.4. The summed E-state index contributed by atoms with van der Waals surface area (Å²) in [5.74, 6) is -0.146. The number of benzene rings is 1. The van der Waals surface area contributed by atoms with Crippen molar-refractivity contribution in [1.29, 1.82) is 0 Å². The fraction of sp³-hybridized carbons (Fsp3) is 0.640. The Hall–Kier alpha value is -1.47. The lowest BCUT2D eigenvalue weighted by molar-refractivity contribution is -0.233. The molecule has 1 aliphatic carbocycles. The molecule has 0 N–H and O–H groups in total. The van der Waals surface area contributed by atoms with Gasteiger partial charge in [0, 0.05) is 23.0 Å². The van der Waals surface area contributed by atoms with E-state index in [2.05, 4.69) is 47.7 Å². The van der Waals surface area contributed by atoms with Crippen LogP contribution in [0.25, 0.3) is 0 Å². The van der Waals surface area contributed by atoms with Gasteiger partial charge in [0.1, 0.15) is 5.75 Å². The van der Waals surface area contributed by atoms with Crippen LogP contribution < -0.4 is 4.74 Å². The van der Waals surface area contributed by atoms with Crippen molar-refractivity contribution >= 4 is 14.1 Å². The summed E-state index contributed by atoms with van der Waals surface area (Å²) in [5, 5.41) is 0.0605. The number of hydrogen-bond acceptors (Lipinski definition) is 5. The first-order chi connectivity index (χ1) is 14.3. The Kier molecular flexibility index (Phi) is 6.35. The molecule has 0 aromatic heterocycles. The van der Waals surface area contributed by atoms with E-state index in [1.807, 2.05) is 31.2 Å². The second-order valence-corrected chi connectivity index (χ2v) is 15.5. The molecule has 0 amide bonds. The molecule has 1 aromatic carbocycles. The van der Waals surface area contributed by atoms with Crippen molar-refractivity contribution in [2.75, 3.05) is 20.3 Å². The number of rotatable bonds is 5. The van der Waals surface area contributed by atoms with E-state index in [-0.39, 0.29) is 16.9 Å². The van der Waals surface area contributed by atoms with Crippen LogP contribution in [0.3, 0.4) is 0 Å². The van der Waals surface area contributed by atoms with Gasteiger partial charge in [-0.2, -0.15) is 0 Å². The average Bonchev–Trinajstić information content (AvgIpc) is 3.15. The van der Waals surface area contributed by atoms with Crippen molar-refractivity contribution in [3.05, 3.63) is 41.0 Å². The van der Waals surface area contributed by atoms with Gasteiger partial charge in [-0.3, -0.25) is 4.79 Å². The first-order valence-electron chi connectivity index (χ1n) is 11.1. The van der Waals surface area contributed by atoms with Crippen molar-refractivity contribution < 1.29 is 23.4 Å². The van der Waals surface area contributed by atoms with Crippen LogP contribution in [0.2, 0.25) is 18.1 Å². The maximum atomic E-state index is 13.8. The Balaban J connectivity index is 2.10. The van der Waals surface area contributed by atoms with Crippen molar-refractivity contribution in [3.8, 4) is 5.75 Å². The maximum Gasteiger partial charge on any atom is 0.192 e. The smallest absolute Gasteiger partial charge is 0.192 e. The lowest BCUT2D eigenvalue weighted by atomic mass is 9.65. The lowest BCUT2D eigenvalue weighted by Crippen LogP contribution is -2.57. The third-order valence-electron chi connectivity index (χ3n) is 7.48. The molecule has 1 atom stereocenters. The van der Waals surface area contributed by atoms with Crippen LogP contribution >= 0.6 is 0 Å². The minimum Gasteiger partial charge on any atom is -0.497 e. The van der Waals surface area contributed by atoms with Gasteiger partial charge in [-0.1, -0.05) is 34.6 Å². The van der Waals surface area contributed by atoms with E-state index >= 15 is 0 Å². The summed E-state index contributed by atoms with van der Waals surface area (Å²) < 4.78 is 24.6. The second kappa shape index (κ2) is 8.14. The number of carbonyl (C=O) groups is 1. The third kappa shape index (κ3) is 4.15. The van der Waals surface area contributed by atoms with Gasteiger partial charge in [0.2, 0.25) is 0 Å². The number of ketones is 1. The molecule has 0 bridgehead atoms. The highest BCUT2D eigenvalue weighted by Gasteiger charge is 2.59. The topological polar surface area (TPSA) is 54.0 Å². The van der Waals surface area contributed by atoms with Crippen LogP contribution in [0.4, 0.5) is 0 Å². The molecule has 1 unspecified atom stereocenters. The molecule has 1 heterocycles. The molecule has 0 saturated carbocycles. The Morgan fingerprint density at radius 2 is 1.65 bits per heavy atom. The Bertz CT molecular complexity index is 855. The molecule has 1 fully saturated rings. The van der Waals surface area contributed by atoms with Gasteiger partial charge in [-0.15, -0.1) is 0 Å². The molecule has 31 heavy (non-hydrogen) atoms. The molecule has 172 valence electrons. The SMILES string of the molecule is COc1ccc(C(=O)C2=C(C)C(O[Si](C)(C)C(C)(C)C)CC3(OCCO3)C2(C)C)cc1. The van der Waals surface area contributed by atoms with E-state index in [0.717, 1.165) is 16.9 Å². The van der Waals surface area contributed by atoms with Gasteiger partial charge in [0.05, 0.1) is 26.4 Å². The number of ether oxygens (including phenoxy) is 3. The molecular formula is C25H38O5Si. The molecule has 1 spiro atoms. The molecule has 5 nitrogen and oxygen atoms in total. The lowest BCUT2D eigenvalue weighted by Gasteiger charge is -2.51. The standard InChI is InChI=1S/C25H38O5Si/c1-17-20(30-31(8,9)23(2,3)4)16-25(28-14-15-29-25)24(5,6)21(17)22(26)18-10-12-19(27-7)13-11-18/h10-13,20H,14-16H2,1-9H3. The van der Waals surface area contributed by atoms with Gasteiger partial charge >= 0.3 is 0 Å². The van der Waals surface area contributed by atoms with E-state index in [0.29, 0.717) is 25.2 Å². The highest BCUT2D eigenvalue weighted by molar-refractivity contribution is 6.74. The fourth-order valence-corrected chi connectivity index (χ4v) is 5.77. The highest BCUT2D eigenvalue weighted by Crippen LogP contribution is 2.54. The van der Waals surface area contributed by atoms with Gasteiger partial charge in [-0.25, -0.2) is 0 Å². The van der Waals surface area contributed by atoms with Crippen LogP contribution in [-0.2, 0) is 13.9 Å². The van der Waals surface area contributed by atoms with E-state index < -0.39 is 19.5 Å². The van der Waals surface area contributed by atoms with E-state index in [4.69, 9.17) is 18.6 Å². The summed E-state index contributed by atoms with van der Waals surface area (Å²) in [7, 11) is -0.457. The van der Waals surface area contributed by atoms with Gasteiger partial charge in [0.25, 0.3) is 0 Å². The van der Waals surface area contributed by atoms with Crippen molar-refractivity contribution in [3.63, 3.8) is 0 Å². The van der Waals surface area contributed by atoms with Crippen LogP contribution in [0, 0.1) is 5.41 Å². The molecule has 6 heteroatoms. The molecule has 3 rings (SSSR count). The number of carbonyl (C=O) groups excluding carboxylic acids is 1. The van der Waals surface area contributed by atoms with Gasteiger partial charge in [0.15, 0.2) is 19.9 Å². The maximum absolute atomic E-state index is 13.8. The minimum absolute atomic E-state index is 0.00726. The molecule has 1 saturated heterocycles. The Morgan fingerprint density at radius 3 is 2.13 bits per heavy atom. The van der Waals surface area contributed by atoms with E-state index in [1.165, 1.54) is 0 Å². The predicted molar refractivity (Wildman–Crippen MR) is 125 cm³/mol. The van der Waals surface area contributed by atoms with E-state index in [9.17, 15) is 4.79 Å². The zero-order chi connectivity index (χ0) is 23.2. The van der Waals surface area contributed by atoms with Crippen molar-refractivity contribution in [2.45, 2.75) is 78.0 Å². The van der Waals surface area contributed by atoms with E-state index in [1.54, 1.807) is 7.11 Å². The molecule has 0 radical (unpaired) electrons. The van der Waals surface area contributed by atoms with Crippen molar-refractivity contribution in [2.24, 2.45) is 5.41 Å². The van der Waals surface area contributed by atoms with Crippen LogP contribution in [0.1, 0.15) is 58.3 Å². The fourth-order valence-electron chi connectivity index (χ4n) is 4.44. The summed E-state index contributed by atoms with van der Waals surface area (Å²) in [6.45, 7) is 18.4. The van der Waals surface area contributed by atoms with Crippen LogP contribution in [0.15, 0.2) is 35.4 Å². The normalized spacial score (nSPS) is 23.3. The molecule has 2 aliphatic rings. The number of methoxy groups -OCH3 is 1. The number of hydrogen-bond donors (Lipinski definition) is 0. The summed E-state index contributed by atoms with van der Waals surface area (Å²) in [6, 6.07) is 7.28. The Morgan fingerprint density at radius 1 is 1.10 bits per heavy atom. The summed E-state index contributed by atoms with van der Waals surface area (Å²) in [5.41, 5.74) is 1.73. The number of Topliss-reactive ketones (excluding diaryl/α,β-unsaturated/α-hetero) is 1. The second-order valence-electron chi connectivity index (χ2n) is 10.8. The summed E-state index contributed by atoms with van der Waals surface area (Å²) >= 11 is 0. The zero-order valence-electron chi connectivity index (χ0n) is 20.5. The summed E-state index contributed by atoms with van der Waals surface area (Å²) in [6.07, 6.45) is 0.377. The molecule has 1 aromatic rings. The quantitative estimate of drug-likeness (QED) is 0.425. The largest absolute Gasteiger partial charge is 0.497 e. The monoisotopic (exact) mass is 446 g/mol. The zero-order valence-corrected chi connectivity index (χ0v) is 21.5. The minimum atomic E-state index is -2.08. The third-order valence-corrected chi connectivity index (χ3v) is 12.0. The average molecular weight is 447 g/mol. The first-order valence-corrected chi connectivity index (χ1v) is 14.0. The van der Waals surface area contributed by atoms with Gasteiger partial charge in [-0.05, 0) is 54.9 Å². The van der Waals surface area contributed by atoms with Crippen LogP contribution in [0.5, 0.6) is 5.75 Å². The predicted octanol–water partition coefficient (Wildman–Crippen LogP) is 5.76. The van der Waals surface area contributed by atoms with Crippen molar-refractivity contribution in [1.82, 2.24) is 0 Å². The molecule has 1 aliphatic heterocycles. The molecular weight excluding hydrogens is 408 g/mol.